The van der Waals surface area contributed by atoms with E-state index >= 15 is 0 Å². The maximum Gasteiger partial charge on any atom is 0.407 e. The topological polar surface area (TPSA) is 91.8 Å². The Hall–Kier alpha value is -3.09. The van der Waals surface area contributed by atoms with Gasteiger partial charge >= 0.3 is 6.09 Å². The third-order valence-electron chi connectivity index (χ3n) is 3.99. The predicted molar refractivity (Wildman–Crippen MR) is 102 cm³/mol. The normalized spacial score (nSPS) is 10.5. The van der Waals surface area contributed by atoms with Crippen LogP contribution in [0.1, 0.15) is 36.2 Å². The van der Waals surface area contributed by atoms with Gasteiger partial charge in [0.1, 0.15) is 5.75 Å². The van der Waals surface area contributed by atoms with Gasteiger partial charge in [-0.3, -0.25) is 4.79 Å². The second-order valence-corrected chi connectivity index (χ2v) is 6.60. The van der Waals surface area contributed by atoms with E-state index in [1.165, 1.54) is 11.1 Å². The van der Waals surface area contributed by atoms with Crippen LogP contribution in [0.15, 0.2) is 42.6 Å². The van der Waals surface area contributed by atoms with Gasteiger partial charge in [0.2, 0.25) is 5.88 Å². The lowest BCUT2D eigenvalue weighted by molar-refractivity contribution is 0.0962. The van der Waals surface area contributed by atoms with Crippen molar-refractivity contribution in [1.82, 2.24) is 15.2 Å². The summed E-state index contributed by atoms with van der Waals surface area (Å²) in [7, 11) is 1.56. The minimum atomic E-state index is -0.920. The number of nitrogens with zero attached hydrogens (tertiary/aromatic N) is 2. The van der Waals surface area contributed by atoms with Gasteiger partial charge < -0.3 is 20.1 Å². The van der Waals surface area contributed by atoms with Gasteiger partial charge in [-0.25, -0.2) is 9.78 Å². The Morgan fingerprint density at radius 2 is 1.89 bits per heavy atom. The van der Waals surface area contributed by atoms with Gasteiger partial charge in [0, 0.05) is 32.4 Å². The van der Waals surface area contributed by atoms with Crippen LogP contribution in [0.3, 0.4) is 0 Å². The fourth-order valence-corrected chi connectivity index (χ4v) is 2.38. The molecule has 0 fully saturated rings. The van der Waals surface area contributed by atoms with Crippen molar-refractivity contribution in [3.05, 3.63) is 53.7 Å². The van der Waals surface area contributed by atoms with E-state index in [9.17, 15) is 14.7 Å². The molecule has 0 radical (unpaired) electrons. The zero-order chi connectivity index (χ0) is 19.8. The molecule has 1 aromatic heterocycles. The second-order valence-electron chi connectivity index (χ2n) is 6.60. The molecule has 1 aromatic carbocycles. The van der Waals surface area contributed by atoms with Crippen LogP contribution in [-0.4, -0.2) is 40.6 Å². The smallest absolute Gasteiger partial charge is 0.407 e. The Kier molecular flexibility index (Phi) is 7.16. The van der Waals surface area contributed by atoms with Gasteiger partial charge in [0.15, 0.2) is 0 Å². The van der Waals surface area contributed by atoms with Gasteiger partial charge in [0.25, 0.3) is 5.91 Å². The van der Waals surface area contributed by atoms with Crippen molar-refractivity contribution in [1.29, 1.82) is 0 Å². The van der Waals surface area contributed by atoms with Crippen molar-refractivity contribution in [2.45, 2.75) is 26.8 Å². The molecule has 0 saturated carbocycles. The molecule has 2 N–H and O–H groups in total. The zero-order valence-corrected chi connectivity index (χ0v) is 15.8. The molecule has 144 valence electrons. The number of aromatic nitrogens is 1. The number of carbonyl (C=O) groups is 2. The number of carbonyl (C=O) groups excluding carboxylic acids is 1. The lowest BCUT2D eigenvalue weighted by Crippen LogP contribution is -2.30. The molecule has 0 aliphatic heterocycles. The van der Waals surface area contributed by atoms with E-state index in [-0.39, 0.29) is 5.91 Å². The summed E-state index contributed by atoms with van der Waals surface area (Å²) in [4.78, 5) is 28.4. The molecular formula is C20H25N3O4. The number of benzene rings is 1. The minimum absolute atomic E-state index is 0.209. The van der Waals surface area contributed by atoms with Gasteiger partial charge in [-0.1, -0.05) is 26.0 Å². The number of amides is 2. The molecular weight excluding hydrogens is 346 g/mol. The molecule has 0 aliphatic carbocycles. The molecule has 7 heteroatoms. The monoisotopic (exact) mass is 371 g/mol. The summed E-state index contributed by atoms with van der Waals surface area (Å²) in [6.07, 6.45) is 1.35. The van der Waals surface area contributed by atoms with E-state index in [0.717, 1.165) is 12.0 Å². The van der Waals surface area contributed by atoms with Crippen LogP contribution in [0, 0.1) is 5.92 Å². The predicted octanol–water partition coefficient (Wildman–Crippen LogP) is 3.76. The van der Waals surface area contributed by atoms with Crippen molar-refractivity contribution in [2.75, 3.05) is 13.6 Å². The highest BCUT2D eigenvalue weighted by molar-refractivity contribution is 5.93. The Morgan fingerprint density at radius 3 is 2.41 bits per heavy atom. The third kappa shape index (κ3) is 6.29. The van der Waals surface area contributed by atoms with Crippen molar-refractivity contribution < 1.29 is 19.4 Å². The quantitative estimate of drug-likeness (QED) is 0.737. The summed E-state index contributed by atoms with van der Waals surface area (Å²) >= 11 is 0. The molecule has 0 saturated heterocycles. The van der Waals surface area contributed by atoms with Crippen LogP contribution in [0.2, 0.25) is 0 Å². The molecule has 0 unspecified atom stereocenters. The van der Waals surface area contributed by atoms with Crippen LogP contribution < -0.4 is 10.1 Å². The highest BCUT2D eigenvalue weighted by Gasteiger charge is 2.13. The van der Waals surface area contributed by atoms with E-state index in [4.69, 9.17) is 4.74 Å². The largest absolute Gasteiger partial charge is 0.465 e. The first-order valence-corrected chi connectivity index (χ1v) is 8.82. The van der Waals surface area contributed by atoms with Gasteiger partial charge in [-0.15, -0.1) is 0 Å². The maximum atomic E-state index is 11.5. The Bertz CT molecular complexity index is 758. The molecule has 2 rings (SSSR count). The first kappa shape index (κ1) is 20.2. The minimum Gasteiger partial charge on any atom is -0.465 e. The maximum absolute atomic E-state index is 11.5. The number of carboxylic acid groups (broad SMARTS) is 1. The summed E-state index contributed by atoms with van der Waals surface area (Å²) in [6.45, 7) is 4.98. The first-order chi connectivity index (χ1) is 12.9. The summed E-state index contributed by atoms with van der Waals surface area (Å²) in [5.41, 5.74) is 1.34. The van der Waals surface area contributed by atoms with Crippen molar-refractivity contribution in [3.63, 3.8) is 0 Å². The van der Waals surface area contributed by atoms with E-state index in [0.29, 0.717) is 36.2 Å². The second kappa shape index (κ2) is 9.56. The van der Waals surface area contributed by atoms with Crippen molar-refractivity contribution in [2.24, 2.45) is 5.92 Å². The summed E-state index contributed by atoms with van der Waals surface area (Å²) < 4.78 is 5.66. The van der Waals surface area contributed by atoms with Gasteiger partial charge in [-0.2, -0.15) is 0 Å². The van der Waals surface area contributed by atoms with Crippen molar-refractivity contribution in [3.8, 4) is 11.6 Å². The SMILES string of the molecule is CNC(=O)c1ccc(Oc2ccc(CN(CCC(C)C)C(=O)O)cc2)nc1. The summed E-state index contributed by atoms with van der Waals surface area (Å²) in [6, 6.07) is 10.5. The average molecular weight is 371 g/mol. The first-order valence-electron chi connectivity index (χ1n) is 8.82. The number of rotatable bonds is 8. The molecule has 2 amide bonds. The lowest BCUT2D eigenvalue weighted by Gasteiger charge is -2.20. The van der Waals surface area contributed by atoms with Crippen LogP contribution >= 0.6 is 0 Å². The number of hydrogen-bond donors (Lipinski definition) is 2. The molecule has 0 aliphatic rings. The summed E-state index contributed by atoms with van der Waals surface area (Å²) in [5, 5.41) is 11.9. The summed E-state index contributed by atoms with van der Waals surface area (Å²) in [5.74, 6) is 1.20. The Morgan fingerprint density at radius 1 is 1.19 bits per heavy atom. The molecule has 7 nitrogen and oxygen atoms in total. The molecule has 1 heterocycles. The van der Waals surface area contributed by atoms with E-state index < -0.39 is 6.09 Å². The van der Waals surface area contributed by atoms with E-state index in [2.05, 4.69) is 24.1 Å². The number of pyridine rings is 1. The number of ether oxygens (including phenoxy) is 1. The van der Waals surface area contributed by atoms with Crippen LogP contribution in [0.25, 0.3) is 0 Å². The Balaban J connectivity index is 1.97. The molecule has 2 aromatic rings. The van der Waals surface area contributed by atoms with Crippen LogP contribution in [0.4, 0.5) is 4.79 Å². The van der Waals surface area contributed by atoms with Crippen molar-refractivity contribution >= 4 is 12.0 Å². The standard InChI is InChI=1S/C20H25N3O4/c1-14(2)10-11-23(20(25)26)13-15-4-7-17(8-5-15)27-18-9-6-16(12-22-18)19(24)21-3/h4-9,12,14H,10-11,13H2,1-3H3,(H,21,24)(H,25,26). The van der Waals surface area contributed by atoms with E-state index in [1.807, 2.05) is 12.1 Å². The molecule has 0 spiro atoms. The lowest BCUT2D eigenvalue weighted by atomic mass is 10.1. The number of hydrogen-bond acceptors (Lipinski definition) is 4. The fraction of sp³-hybridized carbons (Fsp3) is 0.350. The Labute approximate surface area is 159 Å². The fourth-order valence-electron chi connectivity index (χ4n) is 2.38. The molecule has 27 heavy (non-hydrogen) atoms. The highest BCUT2D eigenvalue weighted by atomic mass is 16.5. The van der Waals surface area contributed by atoms with Gasteiger partial charge in [-0.05, 0) is 36.1 Å². The highest BCUT2D eigenvalue weighted by Crippen LogP contribution is 2.20. The molecule has 0 bridgehead atoms. The van der Waals surface area contributed by atoms with Crippen LogP contribution in [0.5, 0.6) is 11.6 Å². The average Bonchev–Trinajstić information content (AvgIpc) is 2.66. The van der Waals surface area contributed by atoms with E-state index in [1.54, 1.807) is 31.3 Å². The van der Waals surface area contributed by atoms with Crippen LogP contribution in [-0.2, 0) is 6.54 Å². The number of nitrogens with one attached hydrogen (secondary N) is 1. The zero-order valence-electron chi connectivity index (χ0n) is 15.8. The third-order valence-corrected chi connectivity index (χ3v) is 3.99. The molecule has 0 atom stereocenters. The van der Waals surface area contributed by atoms with Gasteiger partial charge in [0.05, 0.1) is 5.56 Å².